The van der Waals surface area contributed by atoms with E-state index in [1.54, 1.807) is 6.07 Å². The van der Waals surface area contributed by atoms with Gasteiger partial charge in [-0.05, 0) is 76.2 Å². The third-order valence-electron chi connectivity index (χ3n) is 8.21. The number of anilines is 1. The molecule has 1 spiro atoms. The molecule has 5 rings (SSSR count). The predicted octanol–water partition coefficient (Wildman–Crippen LogP) is 3.91. The molecule has 3 fully saturated rings. The van der Waals surface area contributed by atoms with Gasteiger partial charge in [-0.3, -0.25) is 9.80 Å². The summed E-state index contributed by atoms with van der Waals surface area (Å²) in [6.07, 6.45) is 8.89. The molecular weight excluding hydrogens is 448 g/mol. The van der Waals surface area contributed by atoms with Crippen LogP contribution in [0.2, 0.25) is 0 Å². The number of carbonyl (C=O) groups is 1. The average molecular weight is 483 g/mol. The van der Waals surface area contributed by atoms with Crippen molar-refractivity contribution in [1.82, 2.24) is 14.8 Å². The SMILES string of the molecule is CN(C)C1(c2ccccc2)CCC2(CC1)CN(c1ccc(S(C)(=O)=O)nc1)C(=O)N2CC1CC1. The van der Waals surface area contributed by atoms with Crippen LogP contribution in [0.3, 0.4) is 0 Å². The molecule has 0 unspecified atom stereocenters. The Kier molecular flexibility index (Phi) is 5.72. The molecule has 0 bridgehead atoms. The van der Waals surface area contributed by atoms with Crippen LogP contribution in [0.1, 0.15) is 44.1 Å². The Morgan fingerprint density at radius 2 is 1.71 bits per heavy atom. The molecule has 2 amide bonds. The number of sulfone groups is 1. The van der Waals surface area contributed by atoms with Gasteiger partial charge in [0.25, 0.3) is 0 Å². The quantitative estimate of drug-likeness (QED) is 0.624. The Bertz CT molecular complexity index is 1150. The van der Waals surface area contributed by atoms with E-state index in [-0.39, 0.29) is 22.1 Å². The maximum Gasteiger partial charge on any atom is 0.325 e. The fourth-order valence-electron chi connectivity index (χ4n) is 5.88. The molecule has 7 nitrogen and oxygen atoms in total. The molecule has 1 aromatic heterocycles. The first-order valence-electron chi connectivity index (χ1n) is 12.1. The zero-order valence-electron chi connectivity index (χ0n) is 20.3. The van der Waals surface area contributed by atoms with E-state index < -0.39 is 9.84 Å². The maximum absolute atomic E-state index is 13.7. The van der Waals surface area contributed by atoms with Crippen molar-refractivity contribution in [2.24, 2.45) is 5.92 Å². The highest BCUT2D eigenvalue weighted by atomic mass is 32.2. The van der Waals surface area contributed by atoms with Gasteiger partial charge in [-0.25, -0.2) is 18.2 Å². The number of pyridine rings is 1. The van der Waals surface area contributed by atoms with Gasteiger partial charge in [0.2, 0.25) is 0 Å². The molecule has 0 atom stereocenters. The second kappa shape index (κ2) is 8.34. The van der Waals surface area contributed by atoms with E-state index in [1.807, 2.05) is 4.90 Å². The molecule has 2 aromatic rings. The zero-order valence-corrected chi connectivity index (χ0v) is 21.1. The van der Waals surface area contributed by atoms with E-state index in [1.165, 1.54) is 30.7 Å². The van der Waals surface area contributed by atoms with E-state index in [2.05, 4.69) is 59.2 Å². The first-order chi connectivity index (χ1) is 16.1. The lowest BCUT2D eigenvalue weighted by Crippen LogP contribution is -2.55. The highest BCUT2D eigenvalue weighted by Crippen LogP contribution is 2.50. The average Bonchev–Trinajstić information content (AvgIpc) is 3.61. The van der Waals surface area contributed by atoms with Crippen LogP contribution in [0.25, 0.3) is 0 Å². The van der Waals surface area contributed by atoms with Crippen molar-refractivity contribution in [2.75, 3.05) is 38.3 Å². The minimum atomic E-state index is -3.38. The largest absolute Gasteiger partial charge is 0.325 e. The topological polar surface area (TPSA) is 73.8 Å². The minimum Gasteiger partial charge on any atom is -0.317 e. The maximum atomic E-state index is 13.7. The van der Waals surface area contributed by atoms with Crippen LogP contribution in [0.4, 0.5) is 10.5 Å². The summed E-state index contributed by atoms with van der Waals surface area (Å²) >= 11 is 0. The molecule has 182 valence electrons. The molecule has 8 heteroatoms. The lowest BCUT2D eigenvalue weighted by molar-refractivity contribution is 0.0249. The first-order valence-corrected chi connectivity index (χ1v) is 14.0. The molecule has 2 aliphatic carbocycles. The standard InChI is InChI=1S/C26H34N4O3S/c1-28(2)26(21-7-5-4-6-8-21)15-13-25(14-16-26)19-29(24(31)30(25)18-20-9-10-20)22-11-12-23(27-17-22)34(3,32)33/h4-8,11-12,17,20H,9-10,13-16,18-19H2,1-3H3. The first kappa shape index (κ1) is 23.3. The third-order valence-corrected chi connectivity index (χ3v) is 9.21. The van der Waals surface area contributed by atoms with Gasteiger partial charge in [-0.2, -0.15) is 0 Å². The molecule has 1 aliphatic heterocycles. The third kappa shape index (κ3) is 4.01. The van der Waals surface area contributed by atoms with Crippen LogP contribution in [-0.2, 0) is 15.4 Å². The van der Waals surface area contributed by atoms with Gasteiger partial charge in [-0.15, -0.1) is 0 Å². The Morgan fingerprint density at radius 3 is 2.24 bits per heavy atom. The van der Waals surface area contributed by atoms with Crippen molar-refractivity contribution in [3.63, 3.8) is 0 Å². The summed E-state index contributed by atoms with van der Waals surface area (Å²) in [5.41, 5.74) is 1.77. The fourth-order valence-corrected chi connectivity index (χ4v) is 6.44. The normalized spacial score (nSPS) is 27.7. The predicted molar refractivity (Wildman–Crippen MR) is 133 cm³/mol. The van der Waals surface area contributed by atoms with Crippen molar-refractivity contribution in [1.29, 1.82) is 0 Å². The Labute approximate surface area is 202 Å². The summed E-state index contributed by atoms with van der Waals surface area (Å²) in [6, 6.07) is 14.0. The Balaban J connectivity index is 1.44. The summed E-state index contributed by atoms with van der Waals surface area (Å²) in [4.78, 5) is 24.1. The van der Waals surface area contributed by atoms with Crippen molar-refractivity contribution in [2.45, 2.75) is 54.6 Å². The van der Waals surface area contributed by atoms with Crippen LogP contribution in [0.5, 0.6) is 0 Å². The number of aromatic nitrogens is 1. The number of hydrogen-bond donors (Lipinski definition) is 0. The lowest BCUT2D eigenvalue weighted by Gasteiger charge is -2.51. The molecule has 1 aromatic carbocycles. The summed E-state index contributed by atoms with van der Waals surface area (Å²) in [5, 5.41) is 0.0312. The molecule has 0 N–H and O–H groups in total. The van der Waals surface area contributed by atoms with Crippen molar-refractivity contribution < 1.29 is 13.2 Å². The van der Waals surface area contributed by atoms with Crippen LogP contribution < -0.4 is 4.90 Å². The molecule has 0 radical (unpaired) electrons. The second-order valence-electron chi connectivity index (χ2n) is 10.6. The fraction of sp³-hybridized carbons (Fsp3) is 0.538. The van der Waals surface area contributed by atoms with E-state index in [4.69, 9.17) is 0 Å². The summed E-state index contributed by atoms with van der Waals surface area (Å²) in [6.45, 7) is 1.43. The Morgan fingerprint density at radius 1 is 1.03 bits per heavy atom. The summed E-state index contributed by atoms with van der Waals surface area (Å²) < 4.78 is 23.7. The van der Waals surface area contributed by atoms with Crippen LogP contribution in [0, 0.1) is 5.92 Å². The summed E-state index contributed by atoms with van der Waals surface area (Å²) in [7, 11) is 0.942. The second-order valence-corrected chi connectivity index (χ2v) is 12.5. The number of nitrogens with zero attached hydrogens (tertiary/aromatic N) is 4. The van der Waals surface area contributed by atoms with E-state index in [0.29, 0.717) is 18.2 Å². The van der Waals surface area contributed by atoms with Gasteiger partial charge in [0, 0.05) is 18.3 Å². The van der Waals surface area contributed by atoms with Gasteiger partial charge in [0.05, 0.1) is 24.0 Å². The number of benzene rings is 1. The number of rotatable bonds is 6. The van der Waals surface area contributed by atoms with Crippen LogP contribution >= 0.6 is 0 Å². The molecule has 34 heavy (non-hydrogen) atoms. The highest BCUT2D eigenvalue weighted by molar-refractivity contribution is 7.90. The van der Waals surface area contributed by atoms with Crippen LogP contribution in [0.15, 0.2) is 53.7 Å². The van der Waals surface area contributed by atoms with Crippen molar-refractivity contribution in [3.8, 4) is 0 Å². The molecular formula is C26H34N4O3S. The zero-order chi connectivity index (χ0) is 24.1. The number of urea groups is 1. The number of hydrogen-bond acceptors (Lipinski definition) is 5. The van der Waals surface area contributed by atoms with Gasteiger partial charge in [0.1, 0.15) is 0 Å². The molecule has 3 aliphatic rings. The molecule has 1 saturated heterocycles. The van der Waals surface area contributed by atoms with Crippen molar-refractivity contribution in [3.05, 3.63) is 54.2 Å². The monoisotopic (exact) mass is 482 g/mol. The van der Waals surface area contributed by atoms with E-state index in [0.717, 1.165) is 38.5 Å². The molecule has 2 heterocycles. The number of carbonyl (C=O) groups excluding carboxylic acids is 1. The van der Waals surface area contributed by atoms with E-state index in [9.17, 15) is 13.2 Å². The van der Waals surface area contributed by atoms with Gasteiger partial charge in [0.15, 0.2) is 14.9 Å². The van der Waals surface area contributed by atoms with E-state index >= 15 is 0 Å². The Hall–Kier alpha value is -2.45. The molecule has 2 saturated carbocycles. The minimum absolute atomic E-state index is 0.0258. The van der Waals surface area contributed by atoms with Gasteiger partial charge in [-0.1, -0.05) is 30.3 Å². The van der Waals surface area contributed by atoms with Gasteiger partial charge >= 0.3 is 6.03 Å². The van der Waals surface area contributed by atoms with Crippen molar-refractivity contribution >= 4 is 21.6 Å². The number of amides is 2. The smallest absolute Gasteiger partial charge is 0.317 e. The lowest BCUT2D eigenvalue weighted by atomic mass is 9.68. The highest BCUT2D eigenvalue weighted by Gasteiger charge is 2.55. The van der Waals surface area contributed by atoms with Crippen LogP contribution in [-0.4, -0.2) is 68.2 Å². The summed E-state index contributed by atoms with van der Waals surface area (Å²) in [5.74, 6) is 0.598. The van der Waals surface area contributed by atoms with Gasteiger partial charge < -0.3 is 4.90 Å².